The van der Waals surface area contributed by atoms with Gasteiger partial charge in [-0.15, -0.1) is 6.58 Å². The van der Waals surface area contributed by atoms with Crippen LogP contribution in [0.25, 0.3) is 0 Å². The van der Waals surface area contributed by atoms with Gasteiger partial charge in [-0.3, -0.25) is 4.79 Å². The predicted octanol–water partition coefficient (Wildman–Crippen LogP) is 3.44. The Morgan fingerprint density at radius 1 is 1.38 bits per heavy atom. The van der Waals surface area contributed by atoms with E-state index in [4.69, 9.17) is 0 Å². The highest BCUT2D eigenvalue weighted by atomic mass is 19.3. The quantitative estimate of drug-likeness (QED) is 0.548. The van der Waals surface area contributed by atoms with Gasteiger partial charge >= 0.3 is 6.61 Å². The van der Waals surface area contributed by atoms with Crippen molar-refractivity contribution in [3.05, 3.63) is 42.5 Å². The van der Waals surface area contributed by atoms with E-state index in [0.717, 1.165) is 0 Å². The minimum absolute atomic E-state index is 0.0384. The molecule has 0 N–H and O–H groups in total. The molecule has 0 aromatic heterocycles. The second-order valence-corrected chi connectivity index (χ2v) is 3.15. The summed E-state index contributed by atoms with van der Waals surface area (Å²) in [4.78, 5) is 11.5. The highest BCUT2D eigenvalue weighted by Crippen LogP contribution is 2.16. The van der Waals surface area contributed by atoms with Crippen molar-refractivity contribution in [2.45, 2.75) is 19.5 Å². The molecule has 16 heavy (non-hydrogen) atoms. The average molecular weight is 226 g/mol. The Kier molecular flexibility index (Phi) is 4.64. The van der Waals surface area contributed by atoms with Crippen LogP contribution in [0.4, 0.5) is 8.78 Å². The third-order valence-electron chi connectivity index (χ3n) is 1.98. The number of allylic oxidation sites excluding steroid dienone is 1. The van der Waals surface area contributed by atoms with Crippen molar-refractivity contribution in [1.29, 1.82) is 0 Å². The molecule has 0 spiro atoms. The zero-order valence-electron chi connectivity index (χ0n) is 8.66. The fraction of sp³-hybridized carbons (Fsp3) is 0.250. The minimum atomic E-state index is -2.85. The molecule has 0 aliphatic carbocycles. The summed E-state index contributed by atoms with van der Waals surface area (Å²) in [5.41, 5.74) is 0.489. The largest absolute Gasteiger partial charge is 0.435 e. The van der Waals surface area contributed by atoms with E-state index in [1.807, 2.05) is 0 Å². The van der Waals surface area contributed by atoms with Gasteiger partial charge in [0.2, 0.25) is 0 Å². The fourth-order valence-electron chi connectivity index (χ4n) is 1.20. The molecular formula is C12H12F2O2. The fourth-order valence-corrected chi connectivity index (χ4v) is 1.20. The molecule has 0 atom stereocenters. The summed E-state index contributed by atoms with van der Waals surface area (Å²) in [6.07, 6.45) is 2.64. The molecule has 0 saturated heterocycles. The van der Waals surface area contributed by atoms with Crippen LogP contribution < -0.4 is 4.74 Å². The van der Waals surface area contributed by atoms with Gasteiger partial charge in [-0.2, -0.15) is 8.78 Å². The number of Topliss-reactive ketones (excluding diaryl/α,β-unsaturated/α-hetero) is 1. The number of hydrogen-bond donors (Lipinski definition) is 0. The molecule has 0 radical (unpaired) electrons. The SMILES string of the molecule is C=CCCC(=O)c1ccc(OC(F)F)cc1. The second-order valence-electron chi connectivity index (χ2n) is 3.15. The van der Waals surface area contributed by atoms with Gasteiger partial charge in [-0.05, 0) is 30.7 Å². The summed E-state index contributed by atoms with van der Waals surface area (Å²) in [6.45, 7) is 0.672. The Hall–Kier alpha value is -1.71. The van der Waals surface area contributed by atoms with Crippen LogP contribution in [0.3, 0.4) is 0 Å². The van der Waals surface area contributed by atoms with Gasteiger partial charge in [0.1, 0.15) is 5.75 Å². The summed E-state index contributed by atoms with van der Waals surface area (Å²) in [5.74, 6) is 0.0127. The normalized spacial score (nSPS) is 10.2. The zero-order valence-corrected chi connectivity index (χ0v) is 8.66. The van der Waals surface area contributed by atoms with E-state index >= 15 is 0 Å². The first kappa shape index (κ1) is 12.4. The molecule has 1 aromatic rings. The van der Waals surface area contributed by atoms with Crippen molar-refractivity contribution in [3.63, 3.8) is 0 Å². The number of benzene rings is 1. The summed E-state index contributed by atoms with van der Waals surface area (Å²) < 4.78 is 27.9. The lowest BCUT2D eigenvalue weighted by Crippen LogP contribution is -2.03. The lowest BCUT2D eigenvalue weighted by molar-refractivity contribution is -0.0498. The maximum Gasteiger partial charge on any atom is 0.387 e. The van der Waals surface area contributed by atoms with Gasteiger partial charge in [-0.25, -0.2) is 0 Å². The molecule has 0 heterocycles. The number of hydrogen-bond acceptors (Lipinski definition) is 2. The Morgan fingerprint density at radius 3 is 2.50 bits per heavy atom. The molecule has 0 aliphatic heterocycles. The van der Waals surface area contributed by atoms with E-state index in [-0.39, 0.29) is 11.5 Å². The molecule has 1 aromatic carbocycles. The van der Waals surface area contributed by atoms with Crippen LogP contribution in [0.5, 0.6) is 5.75 Å². The Morgan fingerprint density at radius 2 is 2.00 bits per heavy atom. The van der Waals surface area contributed by atoms with Crippen molar-refractivity contribution in [1.82, 2.24) is 0 Å². The summed E-state index contributed by atoms with van der Waals surface area (Å²) in [5, 5.41) is 0. The summed E-state index contributed by atoms with van der Waals surface area (Å²) in [6, 6.07) is 5.66. The van der Waals surface area contributed by atoms with Crippen LogP contribution in [0.15, 0.2) is 36.9 Å². The average Bonchev–Trinajstić information content (AvgIpc) is 2.26. The van der Waals surface area contributed by atoms with E-state index in [1.54, 1.807) is 6.08 Å². The summed E-state index contributed by atoms with van der Waals surface area (Å²) in [7, 11) is 0. The second kappa shape index (κ2) is 6.00. The van der Waals surface area contributed by atoms with Crippen molar-refractivity contribution in [2.75, 3.05) is 0 Å². The molecule has 4 heteroatoms. The molecule has 0 fully saturated rings. The topological polar surface area (TPSA) is 26.3 Å². The minimum Gasteiger partial charge on any atom is -0.435 e. The number of rotatable bonds is 6. The molecule has 0 bridgehead atoms. The molecule has 0 aliphatic rings. The molecule has 86 valence electrons. The van der Waals surface area contributed by atoms with Gasteiger partial charge in [0.15, 0.2) is 5.78 Å². The van der Waals surface area contributed by atoms with Crippen LogP contribution in [0, 0.1) is 0 Å². The maximum absolute atomic E-state index is 11.8. The molecule has 0 amide bonds. The van der Waals surface area contributed by atoms with Crippen molar-refractivity contribution in [2.24, 2.45) is 0 Å². The predicted molar refractivity (Wildman–Crippen MR) is 56.8 cm³/mol. The number of ketones is 1. The Balaban J connectivity index is 2.63. The Bertz CT molecular complexity index is 358. The van der Waals surface area contributed by atoms with E-state index < -0.39 is 6.61 Å². The highest BCUT2D eigenvalue weighted by Gasteiger charge is 2.07. The van der Waals surface area contributed by atoms with Crippen LogP contribution >= 0.6 is 0 Å². The van der Waals surface area contributed by atoms with Gasteiger partial charge in [0.05, 0.1) is 0 Å². The number of carbonyl (C=O) groups excluding carboxylic acids is 1. The van der Waals surface area contributed by atoms with E-state index in [9.17, 15) is 13.6 Å². The smallest absolute Gasteiger partial charge is 0.387 e. The number of ether oxygens (including phenoxy) is 1. The number of halogens is 2. The lowest BCUT2D eigenvalue weighted by atomic mass is 10.1. The van der Waals surface area contributed by atoms with Crippen molar-refractivity contribution < 1.29 is 18.3 Å². The van der Waals surface area contributed by atoms with Crippen LogP contribution in [0.2, 0.25) is 0 Å². The van der Waals surface area contributed by atoms with Crippen molar-refractivity contribution >= 4 is 5.78 Å². The van der Waals surface area contributed by atoms with E-state index in [1.165, 1.54) is 24.3 Å². The first-order valence-electron chi connectivity index (χ1n) is 4.82. The molecular weight excluding hydrogens is 214 g/mol. The third kappa shape index (κ3) is 3.81. The van der Waals surface area contributed by atoms with E-state index in [2.05, 4.69) is 11.3 Å². The molecule has 0 saturated carbocycles. The Labute approximate surface area is 92.5 Å². The first-order chi connectivity index (χ1) is 7.63. The lowest BCUT2D eigenvalue weighted by Gasteiger charge is -2.04. The maximum atomic E-state index is 11.8. The third-order valence-corrected chi connectivity index (χ3v) is 1.98. The molecule has 1 rings (SSSR count). The van der Waals surface area contributed by atoms with Crippen LogP contribution in [0.1, 0.15) is 23.2 Å². The summed E-state index contributed by atoms with van der Waals surface area (Å²) >= 11 is 0. The van der Waals surface area contributed by atoms with Crippen LogP contribution in [-0.2, 0) is 0 Å². The zero-order chi connectivity index (χ0) is 12.0. The molecule has 2 nitrogen and oxygen atoms in total. The molecule has 0 unspecified atom stereocenters. The van der Waals surface area contributed by atoms with Crippen molar-refractivity contribution in [3.8, 4) is 5.75 Å². The van der Waals surface area contributed by atoms with Gasteiger partial charge < -0.3 is 4.74 Å². The highest BCUT2D eigenvalue weighted by molar-refractivity contribution is 5.96. The van der Waals surface area contributed by atoms with Gasteiger partial charge in [0.25, 0.3) is 0 Å². The van der Waals surface area contributed by atoms with Gasteiger partial charge in [0, 0.05) is 12.0 Å². The number of alkyl halides is 2. The first-order valence-corrected chi connectivity index (χ1v) is 4.82. The monoisotopic (exact) mass is 226 g/mol. The van der Waals surface area contributed by atoms with Gasteiger partial charge in [-0.1, -0.05) is 6.08 Å². The van der Waals surface area contributed by atoms with Crippen LogP contribution in [-0.4, -0.2) is 12.4 Å². The van der Waals surface area contributed by atoms with E-state index in [0.29, 0.717) is 18.4 Å². The standard InChI is InChI=1S/C12H12F2O2/c1-2-3-4-11(15)9-5-7-10(8-6-9)16-12(13)14/h2,5-8,12H,1,3-4H2. The number of carbonyl (C=O) groups is 1.